The maximum Gasteiger partial charge on any atom is 0.0618 e. The fourth-order valence-electron chi connectivity index (χ4n) is 1.86. The van der Waals surface area contributed by atoms with Gasteiger partial charge < -0.3 is 9.84 Å². The summed E-state index contributed by atoms with van der Waals surface area (Å²) in [6, 6.07) is 0. The first-order valence-electron chi connectivity index (χ1n) is 5.38. The Bertz CT molecular complexity index is 139. The molecule has 0 bridgehead atoms. The van der Waals surface area contributed by atoms with Crippen molar-refractivity contribution in [2.45, 2.75) is 39.7 Å². The van der Waals surface area contributed by atoms with Crippen LogP contribution in [0.4, 0.5) is 0 Å². The highest BCUT2D eigenvalue weighted by Crippen LogP contribution is 2.26. The summed E-state index contributed by atoms with van der Waals surface area (Å²) >= 11 is 0. The van der Waals surface area contributed by atoms with Gasteiger partial charge in [0, 0.05) is 12.5 Å². The van der Waals surface area contributed by atoms with E-state index in [0.29, 0.717) is 17.8 Å². The molecule has 1 fully saturated rings. The molecule has 0 radical (unpaired) electrons. The maximum atomic E-state index is 10.0. The Balaban J connectivity index is 2.40. The van der Waals surface area contributed by atoms with Gasteiger partial charge in [-0.2, -0.15) is 0 Å². The van der Waals surface area contributed by atoms with E-state index in [0.717, 1.165) is 26.1 Å². The fraction of sp³-hybridized carbons (Fsp3) is 1.00. The first-order valence-corrected chi connectivity index (χ1v) is 5.38. The molecule has 3 unspecified atom stereocenters. The summed E-state index contributed by atoms with van der Waals surface area (Å²) in [5, 5.41) is 10.0. The first kappa shape index (κ1) is 11.0. The van der Waals surface area contributed by atoms with Crippen molar-refractivity contribution in [1.82, 2.24) is 0 Å². The molecule has 13 heavy (non-hydrogen) atoms. The molecule has 1 aliphatic heterocycles. The second-order valence-electron chi connectivity index (χ2n) is 4.57. The number of hydrogen-bond donors (Lipinski definition) is 1. The van der Waals surface area contributed by atoms with Gasteiger partial charge in [0.15, 0.2) is 0 Å². The summed E-state index contributed by atoms with van der Waals surface area (Å²) in [5.41, 5.74) is 0. The zero-order chi connectivity index (χ0) is 9.84. The van der Waals surface area contributed by atoms with Gasteiger partial charge in [-0.25, -0.2) is 0 Å². The van der Waals surface area contributed by atoms with Crippen molar-refractivity contribution in [2.75, 3.05) is 13.2 Å². The molecule has 1 N–H and O–H groups in total. The largest absolute Gasteiger partial charge is 0.392 e. The summed E-state index contributed by atoms with van der Waals surface area (Å²) in [7, 11) is 0. The zero-order valence-corrected chi connectivity index (χ0v) is 8.99. The van der Waals surface area contributed by atoms with Crippen molar-refractivity contribution in [3.05, 3.63) is 0 Å². The minimum Gasteiger partial charge on any atom is -0.392 e. The van der Waals surface area contributed by atoms with E-state index in [2.05, 4.69) is 20.8 Å². The van der Waals surface area contributed by atoms with E-state index < -0.39 is 0 Å². The number of hydrogen-bond acceptors (Lipinski definition) is 2. The number of aliphatic hydroxyl groups excluding tert-OH is 1. The minimum atomic E-state index is -0.180. The van der Waals surface area contributed by atoms with Gasteiger partial charge in [-0.1, -0.05) is 20.8 Å². The first-order chi connectivity index (χ1) is 6.13. The van der Waals surface area contributed by atoms with Crippen molar-refractivity contribution in [1.29, 1.82) is 0 Å². The average Bonchev–Trinajstić information content (AvgIpc) is 2.17. The molecule has 1 aliphatic rings. The maximum absolute atomic E-state index is 10.0. The van der Waals surface area contributed by atoms with Crippen molar-refractivity contribution in [3.8, 4) is 0 Å². The van der Waals surface area contributed by atoms with Crippen LogP contribution in [0.2, 0.25) is 0 Å². The van der Waals surface area contributed by atoms with Crippen LogP contribution in [-0.2, 0) is 4.74 Å². The summed E-state index contributed by atoms with van der Waals surface area (Å²) in [5.74, 6) is 1.30. The predicted molar refractivity (Wildman–Crippen MR) is 53.6 cm³/mol. The quantitative estimate of drug-likeness (QED) is 0.731. The van der Waals surface area contributed by atoms with Gasteiger partial charge >= 0.3 is 0 Å². The summed E-state index contributed by atoms with van der Waals surface area (Å²) in [6.07, 6.45) is 2.05. The Morgan fingerprint density at radius 1 is 1.31 bits per heavy atom. The molecule has 0 spiro atoms. The van der Waals surface area contributed by atoms with Gasteiger partial charge in [0.25, 0.3) is 0 Å². The third-order valence-corrected chi connectivity index (χ3v) is 3.27. The minimum absolute atomic E-state index is 0.180. The van der Waals surface area contributed by atoms with Gasteiger partial charge in [0.1, 0.15) is 0 Å². The third kappa shape index (κ3) is 2.96. The normalized spacial score (nSPS) is 28.8. The van der Waals surface area contributed by atoms with Crippen LogP contribution >= 0.6 is 0 Å². The highest BCUT2D eigenvalue weighted by atomic mass is 16.5. The lowest BCUT2D eigenvalue weighted by atomic mass is 9.82. The highest BCUT2D eigenvalue weighted by Gasteiger charge is 2.28. The molecule has 1 saturated heterocycles. The van der Waals surface area contributed by atoms with Crippen LogP contribution in [-0.4, -0.2) is 24.4 Å². The van der Waals surface area contributed by atoms with E-state index in [9.17, 15) is 5.11 Å². The standard InChI is InChI=1S/C11H22O2/c1-8(2)9(3)11(12)10-5-4-6-13-7-10/h8-12H,4-7H2,1-3H3. The highest BCUT2D eigenvalue weighted by molar-refractivity contribution is 4.77. The molecule has 0 saturated carbocycles. The molecule has 3 atom stereocenters. The van der Waals surface area contributed by atoms with E-state index >= 15 is 0 Å². The molecule has 78 valence electrons. The lowest BCUT2D eigenvalue weighted by Gasteiger charge is -2.32. The molecular formula is C11H22O2. The van der Waals surface area contributed by atoms with Crippen molar-refractivity contribution < 1.29 is 9.84 Å². The summed E-state index contributed by atoms with van der Waals surface area (Å²) in [4.78, 5) is 0. The molecule has 2 nitrogen and oxygen atoms in total. The fourth-order valence-corrected chi connectivity index (χ4v) is 1.86. The zero-order valence-electron chi connectivity index (χ0n) is 8.99. The second kappa shape index (κ2) is 4.97. The topological polar surface area (TPSA) is 29.5 Å². The van der Waals surface area contributed by atoms with Crippen LogP contribution in [0.15, 0.2) is 0 Å². The Hall–Kier alpha value is -0.0800. The van der Waals surface area contributed by atoms with Crippen LogP contribution in [0, 0.1) is 17.8 Å². The van der Waals surface area contributed by atoms with Crippen molar-refractivity contribution in [3.63, 3.8) is 0 Å². The van der Waals surface area contributed by atoms with E-state index in [1.807, 2.05) is 0 Å². The number of ether oxygens (including phenoxy) is 1. The molecule has 1 rings (SSSR count). The smallest absolute Gasteiger partial charge is 0.0618 e. The van der Waals surface area contributed by atoms with Gasteiger partial charge in [0.05, 0.1) is 12.7 Å². The van der Waals surface area contributed by atoms with Gasteiger partial charge in [0.2, 0.25) is 0 Å². The SMILES string of the molecule is CC(C)C(C)C(O)C1CCCOC1. The molecule has 0 aromatic rings. The molecule has 0 amide bonds. The lowest BCUT2D eigenvalue weighted by Crippen LogP contribution is -2.35. The second-order valence-corrected chi connectivity index (χ2v) is 4.57. The average molecular weight is 186 g/mol. The molecule has 0 aromatic heterocycles. The van der Waals surface area contributed by atoms with Crippen molar-refractivity contribution >= 4 is 0 Å². The molecule has 2 heteroatoms. The van der Waals surface area contributed by atoms with E-state index in [1.165, 1.54) is 0 Å². The van der Waals surface area contributed by atoms with Gasteiger partial charge in [-0.15, -0.1) is 0 Å². The lowest BCUT2D eigenvalue weighted by molar-refractivity contribution is -0.0379. The van der Waals surface area contributed by atoms with E-state index in [4.69, 9.17) is 4.74 Å². The van der Waals surface area contributed by atoms with Gasteiger partial charge in [-0.3, -0.25) is 0 Å². The van der Waals surface area contributed by atoms with Gasteiger partial charge in [-0.05, 0) is 24.7 Å². The Morgan fingerprint density at radius 2 is 2.00 bits per heavy atom. The molecule has 0 aromatic carbocycles. The Morgan fingerprint density at radius 3 is 2.46 bits per heavy atom. The van der Waals surface area contributed by atoms with Crippen molar-refractivity contribution in [2.24, 2.45) is 17.8 Å². The number of aliphatic hydroxyl groups is 1. The number of rotatable bonds is 3. The summed E-state index contributed by atoms with van der Waals surface area (Å²) in [6.45, 7) is 8.08. The third-order valence-electron chi connectivity index (χ3n) is 3.27. The molecule has 1 heterocycles. The van der Waals surface area contributed by atoms with Crippen LogP contribution < -0.4 is 0 Å². The summed E-state index contributed by atoms with van der Waals surface area (Å²) < 4.78 is 5.37. The van der Waals surface area contributed by atoms with E-state index in [1.54, 1.807) is 0 Å². The Labute approximate surface area is 81.3 Å². The molecular weight excluding hydrogens is 164 g/mol. The van der Waals surface area contributed by atoms with Crippen LogP contribution in [0.5, 0.6) is 0 Å². The molecule has 0 aliphatic carbocycles. The Kier molecular flexibility index (Phi) is 4.20. The predicted octanol–water partition coefficient (Wildman–Crippen LogP) is 2.07. The van der Waals surface area contributed by atoms with Crippen LogP contribution in [0.3, 0.4) is 0 Å². The van der Waals surface area contributed by atoms with Crippen LogP contribution in [0.1, 0.15) is 33.6 Å². The van der Waals surface area contributed by atoms with Crippen LogP contribution in [0.25, 0.3) is 0 Å². The monoisotopic (exact) mass is 186 g/mol. The van der Waals surface area contributed by atoms with E-state index in [-0.39, 0.29) is 6.10 Å².